The van der Waals surface area contributed by atoms with Crippen molar-refractivity contribution in [3.8, 4) is 0 Å². The molecule has 1 aromatic carbocycles. The van der Waals surface area contributed by atoms with E-state index in [0.29, 0.717) is 9.85 Å². The summed E-state index contributed by atoms with van der Waals surface area (Å²) in [6.45, 7) is 0. The van der Waals surface area contributed by atoms with Crippen molar-refractivity contribution in [3.63, 3.8) is 0 Å². The standard InChI is InChI=1S/C10H5BrClF2NO2S2/c11-8-1-2-9(18-8)19(16,17)15-10-6(12)3-5(13)4-7(10)14/h1-4,15H. The summed E-state index contributed by atoms with van der Waals surface area (Å²) in [5.74, 6) is -1.96. The summed E-state index contributed by atoms with van der Waals surface area (Å²) in [5, 5.41) is -0.350. The van der Waals surface area contributed by atoms with Crippen molar-refractivity contribution >= 4 is 54.6 Å². The number of hydrogen-bond donors (Lipinski definition) is 1. The molecule has 0 unspecified atom stereocenters. The van der Waals surface area contributed by atoms with Gasteiger partial charge in [-0.05, 0) is 34.1 Å². The van der Waals surface area contributed by atoms with Gasteiger partial charge >= 0.3 is 0 Å². The normalized spacial score (nSPS) is 11.6. The molecule has 0 saturated heterocycles. The lowest BCUT2D eigenvalue weighted by molar-refractivity contribution is 0.583. The Balaban J connectivity index is 2.41. The maximum absolute atomic E-state index is 13.5. The van der Waals surface area contributed by atoms with Crippen molar-refractivity contribution in [2.24, 2.45) is 0 Å². The van der Waals surface area contributed by atoms with Crippen LogP contribution in [0.3, 0.4) is 0 Å². The maximum Gasteiger partial charge on any atom is 0.271 e. The Labute approximate surface area is 125 Å². The second-order valence-corrected chi connectivity index (χ2v) is 8.19. The quantitative estimate of drug-likeness (QED) is 0.855. The van der Waals surface area contributed by atoms with Gasteiger partial charge in [0.25, 0.3) is 10.0 Å². The molecule has 102 valence electrons. The topological polar surface area (TPSA) is 46.2 Å². The summed E-state index contributed by atoms with van der Waals surface area (Å²) in [5.41, 5.74) is -0.479. The number of nitrogens with one attached hydrogen (secondary N) is 1. The van der Waals surface area contributed by atoms with Crippen molar-refractivity contribution in [1.82, 2.24) is 0 Å². The Bertz CT molecular complexity index is 710. The summed E-state index contributed by atoms with van der Waals surface area (Å²) in [6.07, 6.45) is 0. The minimum Gasteiger partial charge on any atom is -0.274 e. The van der Waals surface area contributed by atoms with Gasteiger partial charge in [0.15, 0.2) is 5.82 Å². The van der Waals surface area contributed by atoms with E-state index in [1.807, 2.05) is 4.72 Å². The third kappa shape index (κ3) is 3.25. The van der Waals surface area contributed by atoms with Crippen LogP contribution < -0.4 is 4.72 Å². The molecule has 1 aromatic heterocycles. The van der Waals surface area contributed by atoms with Gasteiger partial charge in [-0.2, -0.15) is 0 Å². The number of sulfonamides is 1. The average Bonchev–Trinajstić information content (AvgIpc) is 2.71. The first-order valence-electron chi connectivity index (χ1n) is 4.72. The van der Waals surface area contributed by atoms with Crippen LogP contribution in [0.5, 0.6) is 0 Å². The van der Waals surface area contributed by atoms with Gasteiger partial charge in [0.05, 0.1) is 8.81 Å². The van der Waals surface area contributed by atoms with E-state index in [1.54, 1.807) is 6.07 Å². The van der Waals surface area contributed by atoms with Crippen LogP contribution in [0, 0.1) is 11.6 Å². The van der Waals surface area contributed by atoms with Crippen molar-refractivity contribution in [1.29, 1.82) is 0 Å². The van der Waals surface area contributed by atoms with E-state index in [4.69, 9.17) is 11.6 Å². The number of anilines is 1. The maximum atomic E-state index is 13.5. The van der Waals surface area contributed by atoms with Crippen LogP contribution in [0.2, 0.25) is 5.02 Å². The summed E-state index contributed by atoms with van der Waals surface area (Å²) in [7, 11) is -3.96. The SMILES string of the molecule is O=S(=O)(Nc1c(F)cc(F)cc1Cl)c1ccc(Br)s1. The molecule has 1 N–H and O–H groups in total. The van der Waals surface area contributed by atoms with E-state index >= 15 is 0 Å². The van der Waals surface area contributed by atoms with Gasteiger partial charge in [-0.3, -0.25) is 4.72 Å². The van der Waals surface area contributed by atoms with Gasteiger partial charge in [0.2, 0.25) is 0 Å². The summed E-state index contributed by atoms with van der Waals surface area (Å²) in [6, 6.07) is 4.27. The Morgan fingerprint density at radius 1 is 1.26 bits per heavy atom. The molecule has 0 amide bonds. The zero-order chi connectivity index (χ0) is 14.2. The lowest BCUT2D eigenvalue weighted by Crippen LogP contribution is -2.13. The summed E-state index contributed by atoms with van der Waals surface area (Å²) < 4.78 is 52.9. The van der Waals surface area contributed by atoms with Gasteiger partial charge in [0.1, 0.15) is 15.7 Å². The second-order valence-electron chi connectivity index (χ2n) is 3.41. The Kier molecular flexibility index (Phi) is 4.14. The predicted molar refractivity (Wildman–Crippen MR) is 74.2 cm³/mol. The lowest BCUT2D eigenvalue weighted by atomic mass is 10.3. The van der Waals surface area contributed by atoms with Gasteiger partial charge in [-0.1, -0.05) is 11.6 Å². The van der Waals surface area contributed by atoms with Crippen LogP contribution in [0.25, 0.3) is 0 Å². The Morgan fingerprint density at radius 2 is 1.95 bits per heavy atom. The van der Waals surface area contributed by atoms with Crippen molar-refractivity contribution < 1.29 is 17.2 Å². The highest BCUT2D eigenvalue weighted by Gasteiger charge is 2.20. The zero-order valence-electron chi connectivity index (χ0n) is 8.95. The number of hydrogen-bond acceptors (Lipinski definition) is 3. The molecule has 0 aliphatic heterocycles. The fourth-order valence-electron chi connectivity index (χ4n) is 1.27. The number of thiophene rings is 1. The molecular weight excluding hydrogens is 384 g/mol. The van der Waals surface area contributed by atoms with Gasteiger partial charge in [0, 0.05) is 6.07 Å². The van der Waals surface area contributed by atoms with E-state index in [-0.39, 0.29) is 9.23 Å². The molecule has 0 bridgehead atoms. The van der Waals surface area contributed by atoms with Crippen molar-refractivity contribution in [2.75, 3.05) is 4.72 Å². The predicted octanol–water partition coefficient (Wildman–Crippen LogP) is 4.24. The first-order chi connectivity index (χ1) is 8.79. The van der Waals surface area contributed by atoms with E-state index in [0.717, 1.165) is 17.4 Å². The minimum atomic E-state index is -3.96. The number of benzene rings is 1. The monoisotopic (exact) mass is 387 g/mol. The van der Waals surface area contributed by atoms with Gasteiger partial charge in [-0.15, -0.1) is 11.3 Å². The molecule has 0 aliphatic carbocycles. The molecule has 0 atom stereocenters. The Morgan fingerprint density at radius 3 is 2.47 bits per heavy atom. The molecule has 1 heterocycles. The summed E-state index contributed by atoms with van der Waals surface area (Å²) in [4.78, 5) is 0. The van der Waals surface area contributed by atoms with Crippen molar-refractivity contribution in [3.05, 3.63) is 44.7 Å². The first-order valence-corrected chi connectivity index (χ1v) is 8.19. The van der Waals surface area contributed by atoms with E-state index in [9.17, 15) is 17.2 Å². The fraction of sp³-hybridized carbons (Fsp3) is 0. The summed E-state index contributed by atoms with van der Waals surface area (Å²) >= 11 is 9.70. The minimum absolute atomic E-state index is 0.0147. The zero-order valence-corrected chi connectivity index (χ0v) is 12.9. The van der Waals surface area contributed by atoms with Crippen molar-refractivity contribution in [2.45, 2.75) is 4.21 Å². The molecule has 0 saturated carbocycles. The van der Waals surface area contributed by atoms with Crippen LogP contribution in [-0.4, -0.2) is 8.42 Å². The van der Waals surface area contributed by atoms with Gasteiger partial charge < -0.3 is 0 Å². The van der Waals surface area contributed by atoms with Crippen LogP contribution in [0.15, 0.2) is 32.3 Å². The van der Waals surface area contributed by atoms with Gasteiger partial charge in [-0.25, -0.2) is 17.2 Å². The van der Waals surface area contributed by atoms with Crippen LogP contribution in [-0.2, 0) is 10.0 Å². The molecule has 2 rings (SSSR count). The largest absolute Gasteiger partial charge is 0.274 e. The van der Waals surface area contributed by atoms with E-state index in [2.05, 4.69) is 15.9 Å². The first kappa shape index (κ1) is 14.7. The highest BCUT2D eigenvalue weighted by molar-refractivity contribution is 9.11. The van der Waals surface area contributed by atoms with E-state index < -0.39 is 27.3 Å². The fourth-order valence-corrected chi connectivity index (χ4v) is 4.66. The second kappa shape index (κ2) is 5.35. The third-order valence-corrected chi connectivity index (χ3v) is 5.82. The highest BCUT2D eigenvalue weighted by Crippen LogP contribution is 2.31. The number of rotatable bonds is 3. The highest BCUT2D eigenvalue weighted by atomic mass is 79.9. The molecule has 0 aliphatic rings. The average molecular weight is 389 g/mol. The molecule has 0 fully saturated rings. The third-order valence-electron chi connectivity index (χ3n) is 2.06. The molecule has 2 aromatic rings. The molecule has 19 heavy (non-hydrogen) atoms. The lowest BCUT2D eigenvalue weighted by Gasteiger charge is -2.09. The Hall–Kier alpha value is -0.700. The molecule has 3 nitrogen and oxygen atoms in total. The van der Waals surface area contributed by atoms with Crippen LogP contribution in [0.1, 0.15) is 0 Å². The van der Waals surface area contributed by atoms with Crippen LogP contribution in [0.4, 0.5) is 14.5 Å². The van der Waals surface area contributed by atoms with Crippen LogP contribution >= 0.6 is 38.9 Å². The smallest absolute Gasteiger partial charge is 0.271 e. The molecule has 0 radical (unpaired) electrons. The van der Waals surface area contributed by atoms with E-state index in [1.165, 1.54) is 6.07 Å². The molecule has 0 spiro atoms. The molecule has 9 heteroatoms. The number of halogens is 4. The molecular formula is C10H5BrClF2NO2S2.